The van der Waals surface area contributed by atoms with Gasteiger partial charge < -0.3 is 21.3 Å². The number of rotatable bonds is 6. The van der Waals surface area contributed by atoms with Gasteiger partial charge in [-0.05, 0) is 32.9 Å². The minimum atomic E-state index is -0.311. The van der Waals surface area contributed by atoms with Crippen LogP contribution in [0.3, 0.4) is 0 Å². The lowest BCUT2D eigenvalue weighted by atomic mass is 10.1. The van der Waals surface area contributed by atoms with Crippen LogP contribution in [0.4, 0.5) is 0 Å². The van der Waals surface area contributed by atoms with Crippen LogP contribution in [0, 0.1) is 0 Å². The molecule has 0 aromatic rings. The van der Waals surface area contributed by atoms with E-state index >= 15 is 0 Å². The molecular formula is C12H24N4O2. The van der Waals surface area contributed by atoms with E-state index in [1.54, 1.807) is 0 Å². The van der Waals surface area contributed by atoms with Crippen molar-refractivity contribution >= 4 is 11.8 Å². The summed E-state index contributed by atoms with van der Waals surface area (Å²) in [7, 11) is 0. The van der Waals surface area contributed by atoms with E-state index in [-0.39, 0.29) is 30.9 Å². The van der Waals surface area contributed by atoms with Crippen molar-refractivity contribution in [3.8, 4) is 0 Å². The molecule has 1 rings (SSSR count). The summed E-state index contributed by atoms with van der Waals surface area (Å²) < 4.78 is 0. The first kappa shape index (κ1) is 14.9. The molecule has 1 fully saturated rings. The molecule has 0 bridgehead atoms. The van der Waals surface area contributed by atoms with Crippen molar-refractivity contribution in [1.82, 2.24) is 15.5 Å². The lowest BCUT2D eigenvalue weighted by Crippen LogP contribution is -2.47. The van der Waals surface area contributed by atoms with Crippen LogP contribution in [0.1, 0.15) is 26.2 Å². The molecule has 1 aliphatic heterocycles. The van der Waals surface area contributed by atoms with E-state index in [1.165, 1.54) is 19.3 Å². The molecule has 0 aromatic heterocycles. The van der Waals surface area contributed by atoms with Gasteiger partial charge in [0, 0.05) is 12.6 Å². The van der Waals surface area contributed by atoms with E-state index in [1.807, 2.05) is 6.92 Å². The van der Waals surface area contributed by atoms with E-state index in [9.17, 15) is 9.59 Å². The van der Waals surface area contributed by atoms with Crippen LogP contribution in [-0.4, -0.2) is 55.5 Å². The largest absolute Gasteiger partial charge is 0.351 e. The van der Waals surface area contributed by atoms with Gasteiger partial charge in [0.05, 0.1) is 13.1 Å². The number of hydrogen-bond donors (Lipinski definition) is 3. The third-order valence-corrected chi connectivity index (χ3v) is 3.02. The maximum absolute atomic E-state index is 11.5. The molecule has 6 nitrogen and oxygen atoms in total. The van der Waals surface area contributed by atoms with Gasteiger partial charge in [0.2, 0.25) is 11.8 Å². The number of nitrogens with one attached hydrogen (secondary N) is 2. The Hall–Kier alpha value is -1.14. The molecule has 0 radical (unpaired) electrons. The third-order valence-electron chi connectivity index (χ3n) is 3.02. The Balaban J connectivity index is 2.16. The summed E-state index contributed by atoms with van der Waals surface area (Å²) in [5, 5.41) is 5.32. The summed E-state index contributed by atoms with van der Waals surface area (Å²) in [6.07, 6.45) is 3.79. The SMILES string of the molecule is CC(CN1CCCCC1)NC(=O)CNC(=O)CN. The maximum atomic E-state index is 11.5. The topological polar surface area (TPSA) is 87.5 Å². The number of carbonyl (C=O) groups excluding carboxylic acids is 2. The minimum Gasteiger partial charge on any atom is -0.351 e. The van der Waals surface area contributed by atoms with E-state index in [2.05, 4.69) is 15.5 Å². The van der Waals surface area contributed by atoms with Gasteiger partial charge in [0.15, 0.2) is 0 Å². The quantitative estimate of drug-likeness (QED) is 0.572. The van der Waals surface area contributed by atoms with E-state index in [0.29, 0.717) is 0 Å². The second kappa shape index (κ2) is 8.05. The number of nitrogens with zero attached hydrogens (tertiary/aromatic N) is 1. The lowest BCUT2D eigenvalue weighted by molar-refractivity contribution is -0.125. The van der Waals surface area contributed by atoms with Crippen molar-refractivity contribution in [2.75, 3.05) is 32.7 Å². The molecule has 0 aromatic carbocycles. The average molecular weight is 256 g/mol. The van der Waals surface area contributed by atoms with E-state index < -0.39 is 0 Å². The zero-order chi connectivity index (χ0) is 13.4. The number of likely N-dealkylation sites (tertiary alicyclic amines) is 1. The van der Waals surface area contributed by atoms with Gasteiger partial charge >= 0.3 is 0 Å². The molecule has 18 heavy (non-hydrogen) atoms. The Bertz CT molecular complexity index is 277. The number of piperidine rings is 1. The Morgan fingerprint density at radius 2 is 1.89 bits per heavy atom. The van der Waals surface area contributed by atoms with Crippen LogP contribution >= 0.6 is 0 Å². The number of nitrogens with two attached hydrogens (primary N) is 1. The molecule has 1 aliphatic rings. The van der Waals surface area contributed by atoms with E-state index in [4.69, 9.17) is 5.73 Å². The second-order valence-corrected chi connectivity index (χ2v) is 4.81. The Morgan fingerprint density at radius 1 is 1.22 bits per heavy atom. The molecule has 0 spiro atoms. The van der Waals surface area contributed by atoms with Crippen LogP contribution in [0.2, 0.25) is 0 Å². The summed E-state index contributed by atoms with van der Waals surface area (Å²) in [4.78, 5) is 24.8. The molecule has 1 heterocycles. The zero-order valence-electron chi connectivity index (χ0n) is 11.1. The highest BCUT2D eigenvalue weighted by atomic mass is 16.2. The standard InChI is InChI=1S/C12H24N4O2/c1-10(9-16-5-3-2-4-6-16)15-12(18)8-14-11(17)7-13/h10H,2-9,13H2,1H3,(H,14,17)(H,15,18). The fourth-order valence-electron chi connectivity index (χ4n) is 2.15. The molecule has 2 amide bonds. The number of hydrogen-bond acceptors (Lipinski definition) is 4. The molecule has 1 unspecified atom stereocenters. The Morgan fingerprint density at radius 3 is 2.50 bits per heavy atom. The predicted octanol–water partition coefficient (Wildman–Crippen LogP) is -0.948. The lowest BCUT2D eigenvalue weighted by Gasteiger charge is -2.29. The maximum Gasteiger partial charge on any atom is 0.239 e. The molecule has 4 N–H and O–H groups in total. The molecule has 0 saturated carbocycles. The fourth-order valence-corrected chi connectivity index (χ4v) is 2.15. The smallest absolute Gasteiger partial charge is 0.239 e. The Kier molecular flexibility index (Phi) is 6.67. The first-order valence-corrected chi connectivity index (χ1v) is 6.60. The van der Waals surface area contributed by atoms with Crippen LogP contribution in [0.15, 0.2) is 0 Å². The van der Waals surface area contributed by atoms with Crippen LogP contribution in [-0.2, 0) is 9.59 Å². The van der Waals surface area contributed by atoms with Crippen LogP contribution in [0.5, 0.6) is 0 Å². The van der Waals surface area contributed by atoms with Crippen molar-refractivity contribution in [2.45, 2.75) is 32.2 Å². The third kappa shape index (κ3) is 5.97. The summed E-state index contributed by atoms with van der Waals surface area (Å²) in [6, 6.07) is 0.102. The highest BCUT2D eigenvalue weighted by Gasteiger charge is 2.14. The van der Waals surface area contributed by atoms with Gasteiger partial charge in [-0.3, -0.25) is 9.59 Å². The molecule has 1 saturated heterocycles. The molecule has 6 heteroatoms. The zero-order valence-corrected chi connectivity index (χ0v) is 11.1. The van der Waals surface area contributed by atoms with Crippen molar-refractivity contribution in [1.29, 1.82) is 0 Å². The highest BCUT2D eigenvalue weighted by molar-refractivity contribution is 5.85. The molecule has 0 aliphatic carbocycles. The fraction of sp³-hybridized carbons (Fsp3) is 0.833. The van der Waals surface area contributed by atoms with Crippen LogP contribution < -0.4 is 16.4 Å². The van der Waals surface area contributed by atoms with Gasteiger partial charge in [-0.2, -0.15) is 0 Å². The Labute approximate surface area is 108 Å². The van der Waals surface area contributed by atoms with Gasteiger partial charge in [0.1, 0.15) is 0 Å². The number of amides is 2. The van der Waals surface area contributed by atoms with Crippen molar-refractivity contribution in [3.63, 3.8) is 0 Å². The predicted molar refractivity (Wildman–Crippen MR) is 70.0 cm³/mol. The van der Waals surface area contributed by atoms with Gasteiger partial charge in [-0.15, -0.1) is 0 Å². The van der Waals surface area contributed by atoms with Gasteiger partial charge in [-0.1, -0.05) is 6.42 Å². The summed E-state index contributed by atoms with van der Waals surface area (Å²) in [5.74, 6) is -0.477. The normalized spacial score (nSPS) is 18.1. The van der Waals surface area contributed by atoms with Crippen molar-refractivity contribution in [3.05, 3.63) is 0 Å². The summed E-state index contributed by atoms with van der Waals surface area (Å²) in [5.41, 5.74) is 5.13. The van der Waals surface area contributed by atoms with Crippen molar-refractivity contribution in [2.24, 2.45) is 5.73 Å². The van der Waals surface area contributed by atoms with Crippen molar-refractivity contribution < 1.29 is 9.59 Å². The van der Waals surface area contributed by atoms with Gasteiger partial charge in [-0.25, -0.2) is 0 Å². The van der Waals surface area contributed by atoms with E-state index in [0.717, 1.165) is 19.6 Å². The second-order valence-electron chi connectivity index (χ2n) is 4.81. The summed E-state index contributed by atoms with van der Waals surface area (Å²) in [6.45, 7) is 5.00. The van der Waals surface area contributed by atoms with Crippen LogP contribution in [0.25, 0.3) is 0 Å². The molecular weight excluding hydrogens is 232 g/mol. The monoisotopic (exact) mass is 256 g/mol. The first-order valence-electron chi connectivity index (χ1n) is 6.60. The average Bonchev–Trinajstić information content (AvgIpc) is 2.37. The molecule has 1 atom stereocenters. The van der Waals surface area contributed by atoms with Gasteiger partial charge in [0.25, 0.3) is 0 Å². The highest BCUT2D eigenvalue weighted by Crippen LogP contribution is 2.08. The molecule has 104 valence electrons. The first-order chi connectivity index (χ1) is 8.61. The number of carbonyl (C=O) groups is 2. The summed E-state index contributed by atoms with van der Waals surface area (Å²) >= 11 is 0. The minimum absolute atomic E-state index is 0.000370.